The Hall–Kier alpha value is 0.290. The van der Waals surface area contributed by atoms with Crippen molar-refractivity contribution in [2.75, 3.05) is 0 Å². The lowest BCUT2D eigenvalue weighted by Crippen LogP contribution is -2.12. The summed E-state index contributed by atoms with van der Waals surface area (Å²) < 4.78 is 4.63. The van der Waals surface area contributed by atoms with Crippen molar-refractivity contribution < 1.29 is 4.79 Å². The molecule has 3 nitrogen and oxygen atoms in total. The number of hydrogen-bond donors (Lipinski definition) is 0. The lowest BCUT2D eigenvalue weighted by atomic mass is 10.2. The third-order valence-corrected chi connectivity index (χ3v) is 5.63. The second-order valence-corrected chi connectivity index (χ2v) is 6.51. The maximum Gasteiger partial charge on any atom is 0.264 e. The van der Waals surface area contributed by atoms with E-state index in [1.165, 1.54) is 10.9 Å². The molecule has 0 saturated heterocycles. The van der Waals surface area contributed by atoms with Crippen LogP contribution in [0.15, 0.2) is 30.9 Å². The normalized spacial score (nSPS) is 10.4. The molecule has 2 aromatic rings. The predicted molar refractivity (Wildman–Crippen MR) is 86.5 cm³/mol. The van der Waals surface area contributed by atoms with E-state index in [0.29, 0.717) is 0 Å². The van der Waals surface area contributed by atoms with Crippen LogP contribution in [0.4, 0.5) is 0 Å². The zero-order valence-corrected chi connectivity index (χ0v) is 14.3. The van der Waals surface area contributed by atoms with Crippen LogP contribution in [0.25, 0.3) is 0 Å². The Kier molecular flexibility index (Phi) is 4.21. The summed E-state index contributed by atoms with van der Waals surface area (Å²) in [7, 11) is 0. The van der Waals surface area contributed by atoms with Crippen LogP contribution >= 0.6 is 67.8 Å². The van der Waals surface area contributed by atoms with Crippen LogP contribution in [0.5, 0.6) is 0 Å². The Bertz CT molecular complexity index is 537. The average molecular weight is 550 g/mol. The Morgan fingerprint density at radius 2 is 2.00 bits per heavy atom. The number of hydrogen-bond acceptors (Lipinski definition) is 2. The van der Waals surface area contributed by atoms with E-state index in [-0.39, 0.29) is 5.91 Å². The highest BCUT2D eigenvalue weighted by molar-refractivity contribution is 14.1. The molecule has 16 heavy (non-hydrogen) atoms. The average Bonchev–Trinajstić information content (AvgIpc) is 2.75. The number of carbonyl (C=O) groups is 1. The van der Waals surface area contributed by atoms with Crippen molar-refractivity contribution in [2.45, 2.75) is 0 Å². The van der Waals surface area contributed by atoms with Gasteiger partial charge in [-0.15, -0.1) is 0 Å². The summed E-state index contributed by atoms with van der Waals surface area (Å²) >= 11 is 6.65. The summed E-state index contributed by atoms with van der Waals surface area (Å²) in [6, 6.07) is 3.94. The molecule has 0 saturated carbocycles. The van der Waals surface area contributed by atoms with Crippen molar-refractivity contribution in [3.8, 4) is 0 Å². The molecular weight excluding hydrogens is 545 g/mol. The summed E-state index contributed by atoms with van der Waals surface area (Å²) in [5.74, 6) is -0.0432. The summed E-state index contributed by atoms with van der Waals surface area (Å²) in [5.41, 5.74) is 0.718. The molecule has 0 bridgehead atoms. The van der Waals surface area contributed by atoms with Gasteiger partial charge in [0.25, 0.3) is 5.91 Å². The van der Waals surface area contributed by atoms with Crippen molar-refractivity contribution in [2.24, 2.45) is 0 Å². The van der Waals surface area contributed by atoms with Gasteiger partial charge in [0.05, 0.1) is 5.56 Å². The number of halogens is 3. The molecule has 1 aromatic heterocycles. The molecule has 0 fully saturated rings. The second-order valence-electron chi connectivity index (χ2n) is 3.02. The molecule has 2 rings (SSSR count). The molecule has 0 amide bonds. The van der Waals surface area contributed by atoms with Crippen LogP contribution in [-0.4, -0.2) is 15.5 Å². The van der Waals surface area contributed by atoms with Gasteiger partial charge in [-0.2, -0.15) is 0 Å². The van der Waals surface area contributed by atoms with E-state index in [0.717, 1.165) is 16.3 Å². The zero-order valence-electron chi connectivity index (χ0n) is 7.82. The Balaban J connectivity index is 2.52. The molecule has 6 heteroatoms. The Labute approximate surface area is 133 Å². The molecule has 0 spiro atoms. The summed E-state index contributed by atoms with van der Waals surface area (Å²) in [5, 5.41) is 0. The van der Waals surface area contributed by atoms with E-state index in [2.05, 4.69) is 72.8 Å². The van der Waals surface area contributed by atoms with Crippen LogP contribution in [0, 0.1) is 10.7 Å². The molecule has 0 radical (unpaired) electrons. The molecule has 1 heterocycles. The first-order valence-corrected chi connectivity index (χ1v) is 7.50. The largest absolute Gasteiger partial charge is 0.272 e. The number of imidazole rings is 1. The van der Waals surface area contributed by atoms with Gasteiger partial charge >= 0.3 is 0 Å². The highest BCUT2D eigenvalue weighted by Gasteiger charge is 2.14. The van der Waals surface area contributed by atoms with Gasteiger partial charge in [-0.05, 0) is 79.9 Å². The van der Waals surface area contributed by atoms with Crippen LogP contribution in [0.3, 0.4) is 0 Å². The highest BCUT2D eigenvalue weighted by Crippen LogP contribution is 2.23. The van der Waals surface area contributed by atoms with Gasteiger partial charge in [-0.25, -0.2) is 4.98 Å². The fraction of sp³-hybridized carbons (Fsp3) is 0. The molecule has 0 unspecified atom stereocenters. The highest BCUT2D eigenvalue weighted by atomic mass is 127. The van der Waals surface area contributed by atoms with Crippen molar-refractivity contribution in [3.05, 3.63) is 47.1 Å². The number of rotatable bonds is 1. The van der Waals surface area contributed by atoms with Crippen molar-refractivity contribution >= 4 is 73.7 Å². The van der Waals surface area contributed by atoms with E-state index in [9.17, 15) is 4.79 Å². The quantitative estimate of drug-likeness (QED) is 0.404. The third-order valence-electron chi connectivity index (χ3n) is 1.96. The molecule has 0 aliphatic rings. The van der Waals surface area contributed by atoms with Crippen LogP contribution in [-0.2, 0) is 0 Å². The standard InChI is InChI=1S/C10H5I3N2O/c11-6-3-7(9(13)8(12)4-6)10(16)15-2-1-14-5-15/h1-5H. The first-order chi connectivity index (χ1) is 7.59. The Morgan fingerprint density at radius 3 is 2.62 bits per heavy atom. The summed E-state index contributed by atoms with van der Waals surface area (Å²) in [6.45, 7) is 0. The van der Waals surface area contributed by atoms with Gasteiger partial charge in [-0.3, -0.25) is 9.36 Å². The minimum absolute atomic E-state index is 0.0432. The molecule has 0 atom stereocenters. The minimum atomic E-state index is -0.0432. The zero-order chi connectivity index (χ0) is 11.7. The van der Waals surface area contributed by atoms with E-state index >= 15 is 0 Å². The van der Waals surface area contributed by atoms with E-state index in [1.807, 2.05) is 12.1 Å². The lowest BCUT2D eigenvalue weighted by molar-refractivity contribution is 0.0958. The first-order valence-electron chi connectivity index (χ1n) is 4.27. The number of aromatic nitrogens is 2. The fourth-order valence-corrected chi connectivity index (χ4v) is 3.62. The minimum Gasteiger partial charge on any atom is -0.272 e. The maximum atomic E-state index is 12.1. The SMILES string of the molecule is O=C(c1cc(I)cc(I)c1I)n1ccnc1. The molecular formula is C10H5I3N2O. The van der Waals surface area contributed by atoms with Gasteiger partial charge in [0.2, 0.25) is 0 Å². The van der Waals surface area contributed by atoms with Gasteiger partial charge in [-0.1, -0.05) is 0 Å². The number of carbonyl (C=O) groups excluding carboxylic acids is 1. The second kappa shape index (κ2) is 5.29. The van der Waals surface area contributed by atoms with Crippen LogP contribution in [0.1, 0.15) is 10.4 Å². The van der Waals surface area contributed by atoms with E-state index in [1.54, 1.807) is 12.4 Å². The molecule has 0 N–H and O–H groups in total. The van der Waals surface area contributed by atoms with Crippen molar-refractivity contribution in [3.63, 3.8) is 0 Å². The molecule has 0 aliphatic carbocycles. The molecule has 0 aliphatic heterocycles. The van der Waals surface area contributed by atoms with Crippen molar-refractivity contribution in [1.29, 1.82) is 0 Å². The topological polar surface area (TPSA) is 34.9 Å². The van der Waals surface area contributed by atoms with Gasteiger partial charge in [0, 0.05) is 23.1 Å². The van der Waals surface area contributed by atoms with Crippen LogP contribution in [0.2, 0.25) is 0 Å². The molecule has 1 aromatic carbocycles. The van der Waals surface area contributed by atoms with Gasteiger partial charge < -0.3 is 0 Å². The van der Waals surface area contributed by atoms with Crippen molar-refractivity contribution in [1.82, 2.24) is 9.55 Å². The number of benzene rings is 1. The Morgan fingerprint density at radius 1 is 1.25 bits per heavy atom. The summed E-state index contributed by atoms with van der Waals surface area (Å²) in [6.07, 6.45) is 4.78. The predicted octanol–water partition coefficient (Wildman–Crippen LogP) is 3.39. The van der Waals surface area contributed by atoms with E-state index < -0.39 is 0 Å². The maximum absolute atomic E-state index is 12.1. The van der Waals surface area contributed by atoms with Gasteiger partial charge in [0.15, 0.2) is 0 Å². The van der Waals surface area contributed by atoms with Crippen LogP contribution < -0.4 is 0 Å². The third kappa shape index (κ3) is 2.58. The fourth-order valence-electron chi connectivity index (χ4n) is 1.23. The lowest BCUT2D eigenvalue weighted by Gasteiger charge is -2.06. The summed E-state index contributed by atoms with van der Waals surface area (Å²) in [4.78, 5) is 16.0. The smallest absolute Gasteiger partial charge is 0.264 e. The van der Waals surface area contributed by atoms with E-state index in [4.69, 9.17) is 0 Å². The first kappa shape index (κ1) is 12.7. The monoisotopic (exact) mass is 550 g/mol. The molecule has 82 valence electrons. The number of nitrogens with zero attached hydrogens (tertiary/aromatic N) is 2. The van der Waals surface area contributed by atoms with Gasteiger partial charge in [0.1, 0.15) is 6.33 Å².